The topological polar surface area (TPSA) is 7.65 Å². The third-order valence-corrected chi connectivity index (χ3v) is 13.8. The average molecular weight is 865 g/mol. The zero-order valence-electron chi connectivity index (χ0n) is 37.3. The van der Waals surface area contributed by atoms with Crippen LogP contribution >= 0.6 is 0 Å². The van der Waals surface area contributed by atoms with Gasteiger partial charge in [-0.2, -0.15) is 0 Å². The quantitative estimate of drug-likeness (QED) is 0.140. The van der Waals surface area contributed by atoms with Gasteiger partial charge in [0.1, 0.15) is 0 Å². The van der Waals surface area contributed by atoms with E-state index in [1.54, 1.807) is 0 Å². The Morgan fingerprint density at radius 2 is 0.456 bits per heavy atom. The molecule has 2 aromatic heterocycles. The molecule has 0 atom stereocenters. The molecule has 0 aliphatic heterocycles. The monoisotopic (exact) mass is 864 g/mol. The molecule has 318 valence electrons. The van der Waals surface area contributed by atoms with E-state index in [0.29, 0.717) is 0 Å². The molecule has 0 spiro atoms. The van der Waals surface area contributed by atoms with E-state index in [-0.39, 0.29) is 0 Å². The molecule has 0 unspecified atom stereocenters. The largest absolute Gasteiger partial charge is 0.311 e. The van der Waals surface area contributed by atoms with E-state index in [2.05, 4.69) is 276 Å². The van der Waals surface area contributed by atoms with Crippen LogP contribution < -0.4 is 4.90 Å². The van der Waals surface area contributed by atoms with Crippen LogP contribution in [0.5, 0.6) is 0 Å². The lowest BCUT2D eigenvalue weighted by Crippen LogP contribution is -2.09. The minimum absolute atomic E-state index is 1.09. The Bertz CT molecular complexity index is 3660. The number of anilines is 3. The molecule has 2 heterocycles. The number of benzene rings is 11. The number of aromatic nitrogens is 1. The van der Waals surface area contributed by atoms with Gasteiger partial charge in [0.2, 0.25) is 0 Å². The standard InChI is InChI=1S/C66H44N2/c1-3-11-45(12-4-1)47-19-23-49(24-20-47)52-31-37-57(38-32-52)67(58-39-33-53(34-40-58)50-25-21-48(22-26-50)46-13-5-2-6-14-46)59-41-35-54(36-42-59)51-27-29-55(30-28-51)56-43-62-60-15-7-9-17-64(60)68-65-18-10-8-16-61(65)63(44-56)66(62)68/h1-44H. The lowest BCUT2D eigenvalue weighted by Gasteiger charge is -2.26. The first-order chi connectivity index (χ1) is 33.7. The lowest BCUT2D eigenvalue weighted by atomic mass is 9.97. The Hall–Kier alpha value is -8.98. The van der Waals surface area contributed by atoms with E-state index >= 15 is 0 Å². The number of rotatable bonds is 9. The summed E-state index contributed by atoms with van der Waals surface area (Å²) in [5.74, 6) is 0. The van der Waals surface area contributed by atoms with E-state index in [1.165, 1.54) is 105 Å². The smallest absolute Gasteiger partial charge is 0.0620 e. The number of hydrogen-bond acceptors (Lipinski definition) is 1. The molecular weight excluding hydrogens is 821 g/mol. The van der Waals surface area contributed by atoms with Gasteiger partial charge in [-0.1, -0.05) is 206 Å². The van der Waals surface area contributed by atoms with Crippen molar-refractivity contribution in [2.24, 2.45) is 0 Å². The highest BCUT2D eigenvalue weighted by Gasteiger charge is 2.19. The van der Waals surface area contributed by atoms with Crippen molar-refractivity contribution in [2.75, 3.05) is 4.90 Å². The van der Waals surface area contributed by atoms with Gasteiger partial charge >= 0.3 is 0 Å². The number of fused-ring (bicyclic) bond motifs is 6. The molecule has 0 N–H and O–H groups in total. The van der Waals surface area contributed by atoms with Crippen molar-refractivity contribution in [1.29, 1.82) is 0 Å². The summed E-state index contributed by atoms with van der Waals surface area (Å²) in [7, 11) is 0. The molecular formula is C66H44N2. The SMILES string of the molecule is c1ccc(-c2ccc(-c3ccc(N(c4ccc(-c5ccc(-c6ccccc6)cc5)cc4)c4ccc(-c5ccc(-c6cc7c8ccccc8n8c9ccccc9c(c6)c78)cc5)cc4)cc3)cc2)cc1. The molecule has 0 amide bonds. The molecule has 13 rings (SSSR count). The van der Waals surface area contributed by atoms with Gasteiger partial charge < -0.3 is 9.30 Å². The molecule has 0 bridgehead atoms. The van der Waals surface area contributed by atoms with Gasteiger partial charge in [0.15, 0.2) is 0 Å². The van der Waals surface area contributed by atoms with Crippen molar-refractivity contribution in [3.8, 4) is 66.8 Å². The zero-order chi connectivity index (χ0) is 45.0. The van der Waals surface area contributed by atoms with Crippen molar-refractivity contribution in [1.82, 2.24) is 4.40 Å². The van der Waals surface area contributed by atoms with E-state index < -0.39 is 0 Å². The second-order valence-electron chi connectivity index (χ2n) is 17.7. The van der Waals surface area contributed by atoms with Crippen LogP contribution in [0, 0.1) is 0 Å². The van der Waals surface area contributed by atoms with E-state index in [9.17, 15) is 0 Å². The fourth-order valence-electron chi connectivity index (χ4n) is 10.3. The highest BCUT2D eigenvalue weighted by Crippen LogP contribution is 2.43. The molecule has 2 nitrogen and oxygen atoms in total. The van der Waals surface area contributed by atoms with Crippen LogP contribution in [0.25, 0.3) is 105 Å². The second kappa shape index (κ2) is 16.5. The minimum atomic E-state index is 1.09. The molecule has 0 saturated carbocycles. The summed E-state index contributed by atoms with van der Waals surface area (Å²) in [6, 6.07) is 97.2. The van der Waals surface area contributed by atoms with Crippen LogP contribution in [0.2, 0.25) is 0 Å². The first-order valence-corrected chi connectivity index (χ1v) is 23.4. The maximum atomic E-state index is 2.44. The molecule has 68 heavy (non-hydrogen) atoms. The molecule has 0 radical (unpaired) electrons. The van der Waals surface area contributed by atoms with Gasteiger partial charge in [-0.25, -0.2) is 0 Å². The third-order valence-electron chi connectivity index (χ3n) is 13.8. The Balaban J connectivity index is 0.818. The van der Waals surface area contributed by atoms with Gasteiger partial charge in [-0.05, 0) is 127 Å². The van der Waals surface area contributed by atoms with E-state index in [0.717, 1.165) is 17.1 Å². The summed E-state index contributed by atoms with van der Waals surface area (Å²) >= 11 is 0. The third kappa shape index (κ3) is 6.90. The lowest BCUT2D eigenvalue weighted by molar-refractivity contribution is 1.28. The number of para-hydroxylation sites is 2. The van der Waals surface area contributed by atoms with Crippen LogP contribution in [-0.2, 0) is 0 Å². The van der Waals surface area contributed by atoms with Crippen molar-refractivity contribution in [3.05, 3.63) is 267 Å². The predicted molar refractivity (Wildman–Crippen MR) is 288 cm³/mol. The number of nitrogens with zero attached hydrogens (tertiary/aromatic N) is 2. The van der Waals surface area contributed by atoms with Crippen LogP contribution in [-0.4, -0.2) is 4.40 Å². The van der Waals surface area contributed by atoms with Gasteiger partial charge in [0.05, 0.1) is 16.6 Å². The first-order valence-electron chi connectivity index (χ1n) is 23.4. The van der Waals surface area contributed by atoms with Crippen LogP contribution in [0.4, 0.5) is 17.1 Å². The fourth-order valence-corrected chi connectivity index (χ4v) is 10.3. The fraction of sp³-hybridized carbons (Fsp3) is 0. The summed E-state index contributed by atoms with van der Waals surface area (Å²) in [5, 5.41) is 5.18. The Morgan fingerprint density at radius 3 is 0.779 bits per heavy atom. The Labute approximate surface area is 396 Å². The zero-order valence-corrected chi connectivity index (χ0v) is 37.3. The van der Waals surface area contributed by atoms with Gasteiger partial charge in [0, 0.05) is 38.6 Å². The van der Waals surface area contributed by atoms with Crippen LogP contribution in [0.3, 0.4) is 0 Å². The van der Waals surface area contributed by atoms with E-state index in [4.69, 9.17) is 0 Å². The minimum Gasteiger partial charge on any atom is -0.311 e. The normalized spacial score (nSPS) is 11.5. The summed E-state index contributed by atoms with van der Waals surface area (Å²) in [6.45, 7) is 0. The maximum Gasteiger partial charge on any atom is 0.0620 e. The maximum absolute atomic E-state index is 2.44. The Kier molecular flexibility index (Phi) is 9.54. The molecule has 0 fully saturated rings. The Morgan fingerprint density at radius 1 is 0.206 bits per heavy atom. The van der Waals surface area contributed by atoms with Crippen LogP contribution in [0.1, 0.15) is 0 Å². The van der Waals surface area contributed by atoms with Crippen LogP contribution in [0.15, 0.2) is 267 Å². The first kappa shape index (κ1) is 39.4. The molecule has 2 heteroatoms. The summed E-state index contributed by atoms with van der Waals surface area (Å²) < 4.78 is 2.44. The van der Waals surface area contributed by atoms with Gasteiger partial charge in [-0.3, -0.25) is 0 Å². The molecule has 11 aromatic carbocycles. The number of hydrogen-bond donors (Lipinski definition) is 0. The highest BCUT2D eigenvalue weighted by molar-refractivity contribution is 6.24. The van der Waals surface area contributed by atoms with Crippen molar-refractivity contribution in [3.63, 3.8) is 0 Å². The molecule has 0 aliphatic rings. The van der Waals surface area contributed by atoms with Crippen molar-refractivity contribution < 1.29 is 0 Å². The summed E-state index contributed by atoms with van der Waals surface area (Å²) in [4.78, 5) is 2.35. The highest BCUT2D eigenvalue weighted by atomic mass is 15.1. The van der Waals surface area contributed by atoms with Crippen molar-refractivity contribution in [2.45, 2.75) is 0 Å². The summed E-state index contributed by atoms with van der Waals surface area (Å²) in [5.41, 5.74) is 21.5. The molecule has 0 saturated heterocycles. The second-order valence-corrected chi connectivity index (χ2v) is 17.7. The molecule has 0 aliphatic carbocycles. The van der Waals surface area contributed by atoms with Gasteiger partial charge in [-0.15, -0.1) is 0 Å². The predicted octanol–water partition coefficient (Wildman–Crippen LogP) is 18.3. The van der Waals surface area contributed by atoms with Gasteiger partial charge in [0.25, 0.3) is 0 Å². The van der Waals surface area contributed by atoms with Crippen molar-refractivity contribution >= 4 is 55.2 Å². The average Bonchev–Trinajstić information content (AvgIpc) is 3.94. The summed E-state index contributed by atoms with van der Waals surface area (Å²) in [6.07, 6.45) is 0. The molecule has 13 aromatic rings. The van der Waals surface area contributed by atoms with E-state index in [1.807, 2.05) is 0 Å².